The normalized spacial score (nSPS) is 15.1. The molecule has 6 N–H and O–H groups in total. The molecule has 2 aromatic rings. The van der Waals surface area contributed by atoms with Gasteiger partial charge in [0.1, 0.15) is 12.1 Å². The molecule has 0 aliphatic carbocycles. The van der Waals surface area contributed by atoms with Gasteiger partial charge in [0.15, 0.2) is 0 Å². The van der Waals surface area contributed by atoms with Gasteiger partial charge in [0.2, 0.25) is 11.8 Å². The van der Waals surface area contributed by atoms with Crippen molar-refractivity contribution in [2.75, 3.05) is 12.0 Å². The van der Waals surface area contributed by atoms with Gasteiger partial charge in [-0.15, -0.1) is 0 Å². The first-order chi connectivity index (χ1) is 14.8. The van der Waals surface area contributed by atoms with Crippen molar-refractivity contribution in [3.05, 3.63) is 36.0 Å². The highest BCUT2D eigenvalue weighted by atomic mass is 32.2. The molecule has 1 aromatic carbocycles. The van der Waals surface area contributed by atoms with Crippen LogP contribution in [-0.4, -0.2) is 58.0 Å². The van der Waals surface area contributed by atoms with E-state index in [1.807, 2.05) is 44.4 Å². The number of carbonyl (C=O) groups excluding carboxylic acids is 2. The summed E-state index contributed by atoms with van der Waals surface area (Å²) >= 11 is 1.59. The van der Waals surface area contributed by atoms with E-state index in [4.69, 9.17) is 5.73 Å². The molecular formula is C22H32N4O4S. The number of carboxylic acids is 1. The van der Waals surface area contributed by atoms with Crippen LogP contribution in [0.5, 0.6) is 0 Å². The van der Waals surface area contributed by atoms with Gasteiger partial charge in [-0.05, 0) is 36.0 Å². The summed E-state index contributed by atoms with van der Waals surface area (Å²) in [6.07, 6.45) is 4.95. The van der Waals surface area contributed by atoms with Crippen molar-refractivity contribution in [3.63, 3.8) is 0 Å². The van der Waals surface area contributed by atoms with Crippen LogP contribution in [0.15, 0.2) is 30.5 Å². The van der Waals surface area contributed by atoms with Crippen molar-refractivity contribution >= 4 is 40.4 Å². The molecule has 9 heteroatoms. The molecule has 31 heavy (non-hydrogen) atoms. The van der Waals surface area contributed by atoms with Crippen LogP contribution in [0.3, 0.4) is 0 Å². The highest BCUT2D eigenvalue weighted by molar-refractivity contribution is 7.98. The topological polar surface area (TPSA) is 137 Å². The fourth-order valence-corrected chi connectivity index (χ4v) is 3.81. The average Bonchev–Trinajstić information content (AvgIpc) is 3.17. The third-order valence-corrected chi connectivity index (χ3v) is 6.12. The molecule has 1 aromatic heterocycles. The number of hydrogen-bond acceptors (Lipinski definition) is 5. The van der Waals surface area contributed by atoms with Crippen LogP contribution in [0.25, 0.3) is 10.9 Å². The van der Waals surface area contributed by atoms with E-state index in [0.717, 1.165) is 22.2 Å². The molecule has 0 radical (unpaired) electrons. The number of amides is 2. The number of rotatable bonds is 12. The van der Waals surface area contributed by atoms with E-state index < -0.39 is 35.9 Å². The number of benzene rings is 1. The molecule has 0 saturated heterocycles. The van der Waals surface area contributed by atoms with Gasteiger partial charge in [-0.2, -0.15) is 11.8 Å². The fourth-order valence-electron chi connectivity index (χ4n) is 3.32. The average molecular weight is 449 g/mol. The number of aromatic nitrogens is 1. The zero-order chi connectivity index (χ0) is 23.0. The second-order valence-electron chi connectivity index (χ2n) is 7.72. The smallest absolute Gasteiger partial charge is 0.326 e. The highest BCUT2D eigenvalue weighted by Crippen LogP contribution is 2.19. The Morgan fingerprint density at radius 2 is 1.90 bits per heavy atom. The van der Waals surface area contributed by atoms with Crippen molar-refractivity contribution in [2.24, 2.45) is 11.7 Å². The molecule has 8 nitrogen and oxygen atoms in total. The number of H-pyrrole nitrogens is 1. The molecule has 0 spiro atoms. The van der Waals surface area contributed by atoms with Crippen molar-refractivity contribution in [1.29, 1.82) is 0 Å². The summed E-state index contributed by atoms with van der Waals surface area (Å²) in [5.41, 5.74) is 7.63. The first-order valence-corrected chi connectivity index (χ1v) is 11.8. The monoisotopic (exact) mass is 448 g/mol. The Bertz CT molecular complexity index is 901. The van der Waals surface area contributed by atoms with Gasteiger partial charge in [0.05, 0.1) is 6.04 Å². The standard InChI is InChI=1S/C22H32N4O4S/c1-4-13(2)19(26-20(27)16(23)9-10-31-3)21(28)25-18(22(29)30)11-14-12-24-17-8-6-5-7-15(14)17/h5-8,12-13,16,18-19,24H,4,9-11,23H2,1-3H3,(H,25,28)(H,26,27)(H,29,30)/t13-,16-,18-,19-/m0/s1. The van der Waals surface area contributed by atoms with E-state index in [9.17, 15) is 19.5 Å². The molecule has 0 fully saturated rings. The lowest BCUT2D eigenvalue weighted by atomic mass is 9.96. The van der Waals surface area contributed by atoms with Crippen LogP contribution >= 0.6 is 11.8 Å². The summed E-state index contributed by atoms with van der Waals surface area (Å²) in [4.78, 5) is 40.4. The Labute approximate surface area is 186 Å². The van der Waals surface area contributed by atoms with Crippen LogP contribution in [0.2, 0.25) is 0 Å². The number of aliphatic carboxylic acids is 1. The van der Waals surface area contributed by atoms with Crippen LogP contribution in [-0.2, 0) is 20.8 Å². The molecule has 0 saturated carbocycles. The van der Waals surface area contributed by atoms with Crippen molar-refractivity contribution in [2.45, 2.75) is 51.2 Å². The molecule has 0 aliphatic heterocycles. The molecule has 4 atom stereocenters. The molecule has 0 unspecified atom stereocenters. The summed E-state index contributed by atoms with van der Waals surface area (Å²) in [5, 5.41) is 15.9. The van der Waals surface area contributed by atoms with Crippen molar-refractivity contribution in [3.8, 4) is 0 Å². The Morgan fingerprint density at radius 3 is 2.55 bits per heavy atom. The fraction of sp³-hybridized carbons (Fsp3) is 0.500. The minimum absolute atomic E-state index is 0.125. The molecule has 170 valence electrons. The van der Waals surface area contributed by atoms with Gasteiger partial charge in [-0.25, -0.2) is 4.79 Å². The van der Waals surface area contributed by atoms with Gasteiger partial charge in [0, 0.05) is 23.5 Å². The number of hydrogen-bond donors (Lipinski definition) is 5. The number of thioether (sulfide) groups is 1. The highest BCUT2D eigenvalue weighted by Gasteiger charge is 2.31. The maximum absolute atomic E-state index is 13.0. The number of fused-ring (bicyclic) bond motifs is 1. The molecule has 0 bridgehead atoms. The zero-order valence-corrected chi connectivity index (χ0v) is 19.0. The lowest BCUT2D eigenvalue weighted by Gasteiger charge is -2.26. The van der Waals surface area contributed by atoms with Crippen LogP contribution < -0.4 is 16.4 Å². The van der Waals surface area contributed by atoms with Gasteiger partial charge >= 0.3 is 5.97 Å². The third kappa shape index (κ3) is 6.73. The molecule has 2 amide bonds. The number of para-hydroxylation sites is 1. The first-order valence-electron chi connectivity index (χ1n) is 10.4. The molecule has 1 heterocycles. The number of nitrogens with two attached hydrogens (primary N) is 1. The first kappa shape index (κ1) is 24.7. The second kappa shape index (κ2) is 11.8. The van der Waals surface area contributed by atoms with E-state index in [2.05, 4.69) is 15.6 Å². The zero-order valence-electron chi connectivity index (χ0n) is 18.2. The maximum atomic E-state index is 13.0. The van der Waals surface area contributed by atoms with Crippen LogP contribution in [0, 0.1) is 5.92 Å². The van der Waals surface area contributed by atoms with Gasteiger partial charge in [-0.3, -0.25) is 9.59 Å². The Morgan fingerprint density at radius 1 is 1.19 bits per heavy atom. The molecule has 2 rings (SSSR count). The maximum Gasteiger partial charge on any atom is 0.326 e. The van der Waals surface area contributed by atoms with E-state index >= 15 is 0 Å². The van der Waals surface area contributed by atoms with Crippen molar-refractivity contribution < 1.29 is 19.5 Å². The molecule has 0 aliphatic rings. The summed E-state index contributed by atoms with van der Waals surface area (Å²) in [6.45, 7) is 3.75. The Kier molecular flexibility index (Phi) is 9.39. The second-order valence-corrected chi connectivity index (χ2v) is 8.71. The predicted molar refractivity (Wildman–Crippen MR) is 124 cm³/mol. The van der Waals surface area contributed by atoms with Gasteiger partial charge in [-0.1, -0.05) is 38.5 Å². The summed E-state index contributed by atoms with van der Waals surface area (Å²) in [6, 6.07) is 4.88. The van der Waals surface area contributed by atoms with E-state index in [1.54, 1.807) is 18.0 Å². The quantitative estimate of drug-likeness (QED) is 0.336. The van der Waals surface area contributed by atoms with Crippen molar-refractivity contribution in [1.82, 2.24) is 15.6 Å². The number of nitrogens with one attached hydrogen (secondary N) is 3. The molecular weight excluding hydrogens is 416 g/mol. The number of aromatic amines is 1. The number of carbonyl (C=O) groups is 3. The minimum atomic E-state index is -1.13. The lowest BCUT2D eigenvalue weighted by molar-refractivity contribution is -0.142. The SMILES string of the molecule is CC[C@H](C)[C@H](NC(=O)[C@@H](N)CCSC)C(=O)N[C@@H](Cc1c[nH]c2ccccc12)C(=O)O. The van der Waals surface area contributed by atoms with E-state index in [0.29, 0.717) is 12.8 Å². The van der Waals surface area contributed by atoms with Gasteiger partial charge in [0.25, 0.3) is 0 Å². The summed E-state index contributed by atoms with van der Waals surface area (Å²) in [7, 11) is 0. The van der Waals surface area contributed by atoms with E-state index in [-0.39, 0.29) is 12.3 Å². The minimum Gasteiger partial charge on any atom is -0.480 e. The summed E-state index contributed by atoms with van der Waals surface area (Å²) < 4.78 is 0. The Hall–Kier alpha value is -2.52. The predicted octanol–water partition coefficient (Wildman–Crippen LogP) is 1.89. The summed E-state index contributed by atoms with van der Waals surface area (Å²) in [5.74, 6) is -1.51. The third-order valence-electron chi connectivity index (χ3n) is 5.48. The Balaban J connectivity index is 2.13. The largest absolute Gasteiger partial charge is 0.480 e. The lowest BCUT2D eigenvalue weighted by Crippen LogP contribution is -2.57. The van der Waals surface area contributed by atoms with Crippen LogP contribution in [0.4, 0.5) is 0 Å². The van der Waals surface area contributed by atoms with Gasteiger partial charge < -0.3 is 26.5 Å². The van der Waals surface area contributed by atoms with E-state index in [1.165, 1.54) is 0 Å². The van der Waals surface area contributed by atoms with Crippen LogP contribution in [0.1, 0.15) is 32.3 Å². The number of carboxylic acid groups (broad SMARTS) is 1.